The molecule has 0 saturated heterocycles. The Labute approximate surface area is 215 Å². The highest BCUT2D eigenvalue weighted by atomic mass is 32.2. The van der Waals surface area contributed by atoms with E-state index in [2.05, 4.69) is 20.8 Å². The Morgan fingerprint density at radius 1 is 0.861 bits per heavy atom. The van der Waals surface area contributed by atoms with Gasteiger partial charge in [-0.15, -0.1) is 10.2 Å². The van der Waals surface area contributed by atoms with Gasteiger partial charge in [-0.05, 0) is 74.7 Å². The van der Waals surface area contributed by atoms with Crippen LogP contribution in [0.5, 0.6) is 0 Å². The fraction of sp³-hybridized carbons (Fsp3) is 0.214. The number of hydrogen-bond donors (Lipinski definition) is 2. The molecule has 2 amide bonds. The van der Waals surface area contributed by atoms with Crippen LogP contribution in [0.15, 0.2) is 71.9 Å². The number of amides is 2. The molecule has 0 aliphatic rings. The Hall–Kier alpha value is -3.91. The lowest BCUT2D eigenvalue weighted by molar-refractivity contribution is -0.113. The number of anilines is 1. The number of carbonyl (C=O) groups excluding carboxylic acids is 2. The Morgan fingerprint density at radius 2 is 1.58 bits per heavy atom. The molecule has 1 aromatic heterocycles. The van der Waals surface area contributed by atoms with Crippen LogP contribution in [-0.4, -0.2) is 32.3 Å². The Balaban J connectivity index is 1.52. The van der Waals surface area contributed by atoms with Crippen LogP contribution in [0, 0.1) is 27.7 Å². The number of rotatable bonds is 8. The van der Waals surface area contributed by atoms with Gasteiger partial charge >= 0.3 is 0 Å². The first kappa shape index (κ1) is 25.2. The third-order valence-electron chi connectivity index (χ3n) is 5.65. The number of hydrogen-bond acceptors (Lipinski definition) is 5. The standard InChI is InChI=1S/C28H29N5O2S/c1-18-7-5-9-22(13-18)27(35)29-16-25-31-32-28(33(25)23-10-6-8-19(2)14-23)36-17-26(34)30-24-15-20(3)11-12-21(24)4/h5-15H,16-17H2,1-4H3,(H,29,35)(H,30,34). The molecule has 0 atom stereocenters. The molecule has 4 aromatic rings. The van der Waals surface area contributed by atoms with Crippen molar-refractivity contribution in [2.45, 2.75) is 39.4 Å². The van der Waals surface area contributed by atoms with Gasteiger partial charge < -0.3 is 10.6 Å². The van der Waals surface area contributed by atoms with E-state index < -0.39 is 0 Å². The largest absolute Gasteiger partial charge is 0.345 e. The van der Waals surface area contributed by atoms with E-state index in [1.54, 1.807) is 6.07 Å². The molecule has 36 heavy (non-hydrogen) atoms. The van der Waals surface area contributed by atoms with E-state index in [1.807, 2.05) is 92.9 Å². The maximum Gasteiger partial charge on any atom is 0.251 e. The Morgan fingerprint density at radius 3 is 2.33 bits per heavy atom. The van der Waals surface area contributed by atoms with Gasteiger partial charge in [0, 0.05) is 16.9 Å². The minimum absolute atomic E-state index is 0.123. The molecule has 0 bridgehead atoms. The van der Waals surface area contributed by atoms with E-state index in [-0.39, 0.29) is 24.1 Å². The van der Waals surface area contributed by atoms with Crippen LogP contribution >= 0.6 is 11.8 Å². The molecule has 7 nitrogen and oxygen atoms in total. The molecule has 3 aromatic carbocycles. The van der Waals surface area contributed by atoms with Crippen molar-refractivity contribution < 1.29 is 9.59 Å². The van der Waals surface area contributed by atoms with Gasteiger partial charge in [0.25, 0.3) is 5.91 Å². The highest BCUT2D eigenvalue weighted by molar-refractivity contribution is 7.99. The van der Waals surface area contributed by atoms with E-state index >= 15 is 0 Å². The minimum Gasteiger partial charge on any atom is -0.345 e. The summed E-state index contributed by atoms with van der Waals surface area (Å²) in [7, 11) is 0. The number of benzene rings is 3. The van der Waals surface area contributed by atoms with Gasteiger partial charge in [-0.2, -0.15) is 0 Å². The molecule has 4 rings (SSSR count). The first-order valence-corrected chi connectivity index (χ1v) is 12.6. The zero-order chi connectivity index (χ0) is 25.7. The zero-order valence-electron chi connectivity index (χ0n) is 20.8. The molecule has 0 radical (unpaired) electrons. The van der Waals surface area contributed by atoms with Crippen molar-refractivity contribution in [3.63, 3.8) is 0 Å². The van der Waals surface area contributed by atoms with E-state index in [0.29, 0.717) is 16.5 Å². The fourth-order valence-corrected chi connectivity index (χ4v) is 4.54. The van der Waals surface area contributed by atoms with Gasteiger partial charge in [0.2, 0.25) is 5.91 Å². The molecule has 0 saturated carbocycles. The first-order valence-electron chi connectivity index (χ1n) is 11.7. The quantitative estimate of drug-likeness (QED) is 0.327. The lowest BCUT2D eigenvalue weighted by Crippen LogP contribution is -2.24. The van der Waals surface area contributed by atoms with Gasteiger partial charge in [0.05, 0.1) is 12.3 Å². The third-order valence-corrected chi connectivity index (χ3v) is 6.58. The highest BCUT2D eigenvalue weighted by Crippen LogP contribution is 2.24. The summed E-state index contributed by atoms with van der Waals surface area (Å²) in [5.74, 6) is 0.452. The average Bonchev–Trinajstić information content (AvgIpc) is 3.26. The Bertz CT molecular complexity index is 1410. The molecule has 0 aliphatic carbocycles. The van der Waals surface area contributed by atoms with Crippen LogP contribution < -0.4 is 10.6 Å². The number of aryl methyl sites for hydroxylation is 4. The van der Waals surface area contributed by atoms with Crippen molar-refractivity contribution in [3.05, 3.63) is 100 Å². The number of carbonyl (C=O) groups is 2. The maximum atomic E-state index is 12.7. The smallest absolute Gasteiger partial charge is 0.251 e. The van der Waals surface area contributed by atoms with Gasteiger partial charge in [-0.25, -0.2) is 0 Å². The van der Waals surface area contributed by atoms with Crippen molar-refractivity contribution in [2.24, 2.45) is 0 Å². The minimum atomic E-state index is -0.181. The monoisotopic (exact) mass is 499 g/mol. The molecule has 0 spiro atoms. The highest BCUT2D eigenvalue weighted by Gasteiger charge is 2.17. The molecular formula is C28H29N5O2S. The van der Waals surface area contributed by atoms with Crippen molar-refractivity contribution in [2.75, 3.05) is 11.1 Å². The summed E-state index contributed by atoms with van der Waals surface area (Å²) < 4.78 is 1.89. The van der Waals surface area contributed by atoms with Crippen LogP contribution in [-0.2, 0) is 11.3 Å². The molecule has 0 fully saturated rings. The molecule has 1 heterocycles. The summed E-state index contributed by atoms with van der Waals surface area (Å²) in [5, 5.41) is 15.2. The van der Waals surface area contributed by atoms with E-state index in [4.69, 9.17) is 0 Å². The van der Waals surface area contributed by atoms with Crippen molar-refractivity contribution in [1.29, 1.82) is 0 Å². The summed E-state index contributed by atoms with van der Waals surface area (Å²) in [5.41, 5.74) is 6.46. The summed E-state index contributed by atoms with van der Waals surface area (Å²) in [4.78, 5) is 25.4. The molecule has 2 N–H and O–H groups in total. The number of nitrogens with one attached hydrogen (secondary N) is 2. The summed E-state index contributed by atoms with van der Waals surface area (Å²) in [6.07, 6.45) is 0. The SMILES string of the molecule is Cc1cccc(C(=O)NCc2nnc(SCC(=O)Nc3cc(C)ccc3C)n2-c2cccc(C)c2)c1. The van der Waals surface area contributed by atoms with Gasteiger partial charge in [0.1, 0.15) is 0 Å². The lowest BCUT2D eigenvalue weighted by Gasteiger charge is -2.12. The van der Waals surface area contributed by atoms with Crippen LogP contribution in [0.3, 0.4) is 0 Å². The van der Waals surface area contributed by atoms with Gasteiger partial charge in [-0.1, -0.05) is 53.7 Å². The molecule has 0 unspecified atom stereocenters. The molecule has 0 aliphatic heterocycles. The van der Waals surface area contributed by atoms with Gasteiger partial charge in [0.15, 0.2) is 11.0 Å². The van der Waals surface area contributed by atoms with Gasteiger partial charge in [-0.3, -0.25) is 14.2 Å². The van der Waals surface area contributed by atoms with Crippen molar-refractivity contribution in [1.82, 2.24) is 20.1 Å². The summed E-state index contributed by atoms with van der Waals surface area (Å²) in [6, 6.07) is 21.4. The van der Waals surface area contributed by atoms with Crippen LogP contribution in [0.4, 0.5) is 5.69 Å². The van der Waals surface area contributed by atoms with E-state index in [0.717, 1.165) is 33.6 Å². The summed E-state index contributed by atoms with van der Waals surface area (Å²) >= 11 is 1.30. The number of thioether (sulfide) groups is 1. The predicted molar refractivity (Wildman–Crippen MR) is 144 cm³/mol. The molecular weight excluding hydrogens is 470 g/mol. The van der Waals surface area contributed by atoms with Crippen LogP contribution in [0.25, 0.3) is 5.69 Å². The maximum absolute atomic E-state index is 12.7. The van der Waals surface area contributed by atoms with Crippen molar-refractivity contribution in [3.8, 4) is 5.69 Å². The fourth-order valence-electron chi connectivity index (χ4n) is 3.77. The number of aromatic nitrogens is 3. The van der Waals surface area contributed by atoms with E-state index in [9.17, 15) is 9.59 Å². The van der Waals surface area contributed by atoms with Crippen molar-refractivity contribution >= 4 is 29.3 Å². The molecule has 184 valence electrons. The normalized spacial score (nSPS) is 10.8. The Kier molecular flexibility index (Phi) is 7.85. The van der Waals surface area contributed by atoms with Crippen LogP contribution in [0.2, 0.25) is 0 Å². The lowest BCUT2D eigenvalue weighted by atomic mass is 10.1. The number of nitrogens with zero attached hydrogens (tertiary/aromatic N) is 3. The molecule has 8 heteroatoms. The zero-order valence-corrected chi connectivity index (χ0v) is 21.6. The second-order valence-corrected chi connectivity index (χ2v) is 9.72. The second-order valence-electron chi connectivity index (χ2n) is 8.78. The third kappa shape index (κ3) is 6.20. The first-order chi connectivity index (χ1) is 17.3. The predicted octanol–water partition coefficient (Wildman–Crippen LogP) is 5.16. The average molecular weight is 500 g/mol. The summed E-state index contributed by atoms with van der Waals surface area (Å²) in [6.45, 7) is 8.12. The topological polar surface area (TPSA) is 88.9 Å². The second kappa shape index (κ2) is 11.2. The van der Waals surface area contributed by atoms with E-state index in [1.165, 1.54) is 11.8 Å². The van der Waals surface area contributed by atoms with Crippen LogP contribution in [0.1, 0.15) is 38.4 Å².